The molecule has 6 nitrogen and oxygen atoms in total. The van der Waals surface area contributed by atoms with Crippen LogP contribution in [0, 0.1) is 0 Å². The highest BCUT2D eigenvalue weighted by atomic mass is 35.5. The highest BCUT2D eigenvalue weighted by Gasteiger charge is 2.35. The molecule has 0 unspecified atom stereocenters. The molecule has 1 aromatic rings. The van der Waals surface area contributed by atoms with Crippen molar-refractivity contribution in [2.75, 3.05) is 19.6 Å². The topological polar surface area (TPSA) is 66.9 Å². The molecule has 140 valence electrons. The first-order valence-electron chi connectivity index (χ1n) is 8.20. The van der Waals surface area contributed by atoms with Crippen LogP contribution in [0.4, 0.5) is 4.79 Å². The molecule has 0 bridgehead atoms. The first-order chi connectivity index (χ1) is 11.5. The van der Waals surface area contributed by atoms with Gasteiger partial charge in [0.15, 0.2) is 0 Å². The number of carbonyl (C=O) groups excluding carboxylic acids is 1. The number of amides is 1. The predicted molar refractivity (Wildman–Crippen MR) is 98.1 cm³/mol. The highest BCUT2D eigenvalue weighted by molar-refractivity contribution is 7.88. The van der Waals surface area contributed by atoms with Gasteiger partial charge in [-0.25, -0.2) is 13.2 Å². The van der Waals surface area contributed by atoms with Crippen LogP contribution >= 0.6 is 11.6 Å². The van der Waals surface area contributed by atoms with Crippen molar-refractivity contribution in [2.45, 2.75) is 45.1 Å². The summed E-state index contributed by atoms with van der Waals surface area (Å²) in [4.78, 5) is 13.7. The van der Waals surface area contributed by atoms with E-state index in [0.717, 1.165) is 0 Å². The molecule has 8 heteroatoms. The maximum atomic E-state index is 12.8. The van der Waals surface area contributed by atoms with Crippen molar-refractivity contribution in [3.63, 3.8) is 0 Å². The Morgan fingerprint density at radius 2 is 1.92 bits per heavy atom. The third-order valence-electron chi connectivity index (χ3n) is 3.87. The zero-order valence-electron chi connectivity index (χ0n) is 15.0. The van der Waals surface area contributed by atoms with Crippen molar-refractivity contribution in [1.82, 2.24) is 9.21 Å². The van der Waals surface area contributed by atoms with E-state index in [-0.39, 0.29) is 18.3 Å². The Hall–Kier alpha value is -1.31. The van der Waals surface area contributed by atoms with E-state index >= 15 is 0 Å². The fraction of sp³-hybridized carbons (Fsp3) is 0.588. The van der Waals surface area contributed by atoms with Gasteiger partial charge in [-0.05, 0) is 39.3 Å². The zero-order valence-corrected chi connectivity index (χ0v) is 16.6. The quantitative estimate of drug-likeness (QED) is 0.797. The fourth-order valence-electron chi connectivity index (χ4n) is 2.74. The summed E-state index contributed by atoms with van der Waals surface area (Å²) in [5.41, 5.74) is -0.000860. The Bertz CT molecular complexity index is 730. The molecule has 1 saturated heterocycles. The van der Waals surface area contributed by atoms with Crippen molar-refractivity contribution in [1.29, 1.82) is 0 Å². The molecule has 1 aromatic carbocycles. The number of benzene rings is 1. The molecule has 1 aliphatic heterocycles. The van der Waals surface area contributed by atoms with Crippen molar-refractivity contribution >= 4 is 27.7 Å². The second-order valence-corrected chi connectivity index (χ2v) is 9.56. The number of rotatable bonds is 3. The summed E-state index contributed by atoms with van der Waals surface area (Å²) < 4.78 is 32.3. The van der Waals surface area contributed by atoms with Gasteiger partial charge in [0.2, 0.25) is 10.0 Å². The number of halogens is 1. The Kier molecular flexibility index (Phi) is 6.01. The minimum atomic E-state index is -3.52. The molecule has 1 amide bonds. The molecule has 0 aromatic heterocycles. The Balaban J connectivity index is 2.05. The van der Waals surface area contributed by atoms with Crippen LogP contribution in [0.25, 0.3) is 0 Å². The summed E-state index contributed by atoms with van der Waals surface area (Å²) in [7, 11) is -3.52. The van der Waals surface area contributed by atoms with Crippen molar-refractivity contribution in [3.8, 4) is 0 Å². The first kappa shape index (κ1) is 20.0. The largest absolute Gasteiger partial charge is 0.444 e. The van der Waals surface area contributed by atoms with Crippen molar-refractivity contribution < 1.29 is 17.9 Å². The Morgan fingerprint density at radius 3 is 2.48 bits per heavy atom. The summed E-state index contributed by atoms with van der Waals surface area (Å²) in [6.07, 6.45) is -0.414. The average molecular weight is 389 g/mol. The van der Waals surface area contributed by atoms with E-state index in [1.54, 1.807) is 56.9 Å². The number of hydrogen-bond acceptors (Lipinski definition) is 4. The maximum Gasteiger partial charge on any atom is 0.410 e. The summed E-state index contributed by atoms with van der Waals surface area (Å²) in [6.45, 7) is 8.06. The van der Waals surface area contributed by atoms with Crippen molar-refractivity contribution in [2.24, 2.45) is 0 Å². The second kappa shape index (κ2) is 7.51. The van der Waals surface area contributed by atoms with E-state index in [1.807, 2.05) is 0 Å². The van der Waals surface area contributed by atoms with E-state index in [1.165, 1.54) is 4.31 Å². The molecule has 0 spiro atoms. The first-order valence-corrected chi connectivity index (χ1v) is 10.2. The van der Waals surface area contributed by atoms with Gasteiger partial charge in [0.05, 0.1) is 5.75 Å². The van der Waals surface area contributed by atoms with E-state index in [4.69, 9.17) is 16.3 Å². The molecule has 0 radical (unpaired) electrons. The van der Waals surface area contributed by atoms with Gasteiger partial charge in [0.1, 0.15) is 5.60 Å². The normalized spacial score (nSPS) is 19.7. The smallest absolute Gasteiger partial charge is 0.410 e. The SMILES string of the molecule is C[C@@H]1CN(C(=O)OC(C)(C)C)CCN1S(=O)(=O)Cc1ccccc1Cl. The van der Waals surface area contributed by atoms with Gasteiger partial charge in [0.25, 0.3) is 0 Å². The summed E-state index contributed by atoms with van der Waals surface area (Å²) in [5.74, 6) is -0.149. The maximum absolute atomic E-state index is 12.8. The number of sulfonamides is 1. The minimum absolute atomic E-state index is 0.149. The molecule has 1 fully saturated rings. The lowest BCUT2D eigenvalue weighted by molar-refractivity contribution is 0.0143. The van der Waals surface area contributed by atoms with Crippen LogP contribution in [0.2, 0.25) is 5.02 Å². The Morgan fingerprint density at radius 1 is 1.28 bits per heavy atom. The van der Waals surface area contributed by atoms with Gasteiger partial charge in [0, 0.05) is 30.7 Å². The lowest BCUT2D eigenvalue weighted by Crippen LogP contribution is -2.56. The standard InChI is InChI=1S/C17H25ClN2O4S/c1-13-11-19(16(21)24-17(2,3)4)9-10-20(13)25(22,23)12-14-7-5-6-8-15(14)18/h5-8,13H,9-12H2,1-4H3/t13-/m1/s1. The van der Waals surface area contributed by atoms with E-state index in [9.17, 15) is 13.2 Å². The molecule has 0 aliphatic carbocycles. The molecule has 0 saturated carbocycles. The molecule has 0 N–H and O–H groups in total. The lowest BCUT2D eigenvalue weighted by atomic mass is 10.2. The van der Waals surface area contributed by atoms with Gasteiger partial charge in [-0.3, -0.25) is 0 Å². The fourth-order valence-corrected chi connectivity index (χ4v) is 4.81. The summed E-state index contributed by atoms with van der Waals surface area (Å²) in [6, 6.07) is 6.59. The van der Waals surface area contributed by atoms with Gasteiger partial charge in [-0.1, -0.05) is 29.8 Å². The minimum Gasteiger partial charge on any atom is -0.444 e. The number of ether oxygens (including phenoxy) is 1. The molecule has 1 atom stereocenters. The van der Waals surface area contributed by atoms with Crippen LogP contribution in [0.15, 0.2) is 24.3 Å². The third-order valence-corrected chi connectivity index (χ3v) is 6.17. The molecular formula is C17H25ClN2O4S. The van der Waals surface area contributed by atoms with Gasteiger partial charge in [-0.15, -0.1) is 0 Å². The van der Waals surface area contributed by atoms with Crippen LogP contribution in [-0.2, 0) is 20.5 Å². The number of nitrogens with zero attached hydrogens (tertiary/aromatic N) is 2. The summed E-state index contributed by atoms with van der Waals surface area (Å²) >= 11 is 6.08. The number of piperazine rings is 1. The lowest BCUT2D eigenvalue weighted by Gasteiger charge is -2.39. The third kappa shape index (κ3) is 5.33. The monoisotopic (exact) mass is 388 g/mol. The highest BCUT2D eigenvalue weighted by Crippen LogP contribution is 2.23. The van der Waals surface area contributed by atoms with E-state index in [2.05, 4.69) is 0 Å². The zero-order chi connectivity index (χ0) is 18.8. The van der Waals surface area contributed by atoms with Gasteiger partial charge in [-0.2, -0.15) is 4.31 Å². The van der Waals surface area contributed by atoms with E-state index < -0.39 is 21.7 Å². The van der Waals surface area contributed by atoms with Crippen LogP contribution in [0.5, 0.6) is 0 Å². The number of carbonyl (C=O) groups is 1. The molecule has 2 rings (SSSR count). The number of hydrogen-bond donors (Lipinski definition) is 0. The predicted octanol–water partition coefficient (Wildman–Crippen LogP) is 3.11. The van der Waals surface area contributed by atoms with Gasteiger partial charge >= 0.3 is 6.09 Å². The molecule has 25 heavy (non-hydrogen) atoms. The van der Waals surface area contributed by atoms with Crippen LogP contribution in [-0.4, -0.2) is 55.0 Å². The molecule has 1 heterocycles. The Labute approximate surface area is 154 Å². The van der Waals surface area contributed by atoms with E-state index in [0.29, 0.717) is 23.7 Å². The van der Waals surface area contributed by atoms with Crippen LogP contribution in [0.3, 0.4) is 0 Å². The molecular weight excluding hydrogens is 364 g/mol. The second-order valence-electron chi connectivity index (χ2n) is 7.23. The average Bonchev–Trinajstić information content (AvgIpc) is 2.47. The van der Waals surface area contributed by atoms with Crippen LogP contribution in [0.1, 0.15) is 33.3 Å². The van der Waals surface area contributed by atoms with Crippen molar-refractivity contribution in [3.05, 3.63) is 34.9 Å². The summed E-state index contributed by atoms with van der Waals surface area (Å²) in [5, 5.41) is 0.436. The van der Waals surface area contributed by atoms with Crippen LogP contribution < -0.4 is 0 Å². The molecule has 1 aliphatic rings. The van der Waals surface area contributed by atoms with Gasteiger partial charge < -0.3 is 9.64 Å².